The highest BCUT2D eigenvalue weighted by Gasteiger charge is 2.26. The number of carbonyl (C=O) groups is 2. The van der Waals surface area contributed by atoms with Crippen LogP contribution in [-0.2, 0) is 16.0 Å². The standard InChI is InChI=1S/C15H12N4O2S/c20-13-9-19(12-4-2-1-3-11(12)17-13)14(21)7-10-8-18-5-6-22-15(18)16-10/h1-6,8H,7,9H2,(H,17,20). The largest absolute Gasteiger partial charge is 0.323 e. The third-order valence-electron chi connectivity index (χ3n) is 3.55. The van der Waals surface area contributed by atoms with E-state index in [9.17, 15) is 9.59 Å². The van der Waals surface area contributed by atoms with Crippen LogP contribution in [0.3, 0.4) is 0 Å². The highest BCUT2D eigenvalue weighted by Crippen LogP contribution is 2.29. The molecule has 2 aromatic heterocycles. The van der Waals surface area contributed by atoms with Gasteiger partial charge in [-0.2, -0.15) is 0 Å². The fraction of sp³-hybridized carbons (Fsp3) is 0.133. The van der Waals surface area contributed by atoms with Crippen molar-refractivity contribution in [2.24, 2.45) is 0 Å². The van der Waals surface area contributed by atoms with E-state index in [-0.39, 0.29) is 24.8 Å². The van der Waals surface area contributed by atoms with E-state index in [0.29, 0.717) is 11.4 Å². The summed E-state index contributed by atoms with van der Waals surface area (Å²) in [6, 6.07) is 7.30. The van der Waals surface area contributed by atoms with Crippen LogP contribution in [0.15, 0.2) is 42.0 Å². The van der Waals surface area contributed by atoms with Crippen molar-refractivity contribution in [3.63, 3.8) is 0 Å². The molecule has 0 saturated heterocycles. The van der Waals surface area contributed by atoms with Gasteiger partial charge in [0.2, 0.25) is 11.8 Å². The molecular weight excluding hydrogens is 300 g/mol. The number of hydrogen-bond donors (Lipinski definition) is 1. The molecule has 4 rings (SSSR count). The number of para-hydroxylation sites is 2. The summed E-state index contributed by atoms with van der Waals surface area (Å²) in [5.41, 5.74) is 2.10. The highest BCUT2D eigenvalue weighted by molar-refractivity contribution is 7.15. The zero-order valence-electron chi connectivity index (χ0n) is 11.5. The van der Waals surface area contributed by atoms with Gasteiger partial charge in [-0.15, -0.1) is 11.3 Å². The molecule has 0 fully saturated rings. The van der Waals surface area contributed by atoms with Crippen LogP contribution in [0.25, 0.3) is 4.96 Å². The molecule has 3 heterocycles. The lowest BCUT2D eigenvalue weighted by Gasteiger charge is -2.28. The van der Waals surface area contributed by atoms with E-state index < -0.39 is 0 Å². The van der Waals surface area contributed by atoms with Crippen molar-refractivity contribution >= 4 is 39.5 Å². The minimum atomic E-state index is -0.183. The number of anilines is 2. The van der Waals surface area contributed by atoms with Gasteiger partial charge in [-0.1, -0.05) is 12.1 Å². The van der Waals surface area contributed by atoms with Gasteiger partial charge in [-0.3, -0.25) is 14.0 Å². The zero-order chi connectivity index (χ0) is 15.1. The van der Waals surface area contributed by atoms with E-state index in [1.807, 2.05) is 40.4 Å². The Labute approximate surface area is 130 Å². The summed E-state index contributed by atoms with van der Waals surface area (Å²) in [4.78, 5) is 31.1. The minimum absolute atomic E-state index is 0.0397. The quantitative estimate of drug-likeness (QED) is 0.786. The highest BCUT2D eigenvalue weighted by atomic mass is 32.1. The van der Waals surface area contributed by atoms with E-state index in [1.54, 1.807) is 6.07 Å². The monoisotopic (exact) mass is 312 g/mol. The van der Waals surface area contributed by atoms with E-state index >= 15 is 0 Å². The van der Waals surface area contributed by atoms with Crippen LogP contribution >= 0.6 is 11.3 Å². The smallest absolute Gasteiger partial charge is 0.244 e. The van der Waals surface area contributed by atoms with E-state index in [2.05, 4.69) is 10.3 Å². The van der Waals surface area contributed by atoms with Crippen LogP contribution in [0.5, 0.6) is 0 Å². The number of fused-ring (bicyclic) bond motifs is 2. The molecule has 22 heavy (non-hydrogen) atoms. The summed E-state index contributed by atoms with van der Waals surface area (Å²) in [5, 5.41) is 4.72. The number of nitrogens with zero attached hydrogens (tertiary/aromatic N) is 3. The second kappa shape index (κ2) is 4.96. The molecule has 7 heteroatoms. The van der Waals surface area contributed by atoms with Gasteiger partial charge in [-0.05, 0) is 12.1 Å². The summed E-state index contributed by atoms with van der Waals surface area (Å²) < 4.78 is 1.89. The molecule has 2 amide bonds. The first kappa shape index (κ1) is 13.0. The fourth-order valence-electron chi connectivity index (χ4n) is 2.57. The number of carbonyl (C=O) groups excluding carboxylic acids is 2. The van der Waals surface area contributed by atoms with Crippen molar-refractivity contribution in [1.29, 1.82) is 0 Å². The van der Waals surface area contributed by atoms with Crippen LogP contribution in [0.4, 0.5) is 11.4 Å². The van der Waals surface area contributed by atoms with Crippen molar-refractivity contribution in [3.05, 3.63) is 47.7 Å². The number of imidazole rings is 1. The van der Waals surface area contributed by atoms with Gasteiger partial charge in [0.25, 0.3) is 0 Å². The second-order valence-electron chi connectivity index (χ2n) is 5.05. The third kappa shape index (κ3) is 2.15. The summed E-state index contributed by atoms with van der Waals surface area (Å²) in [7, 11) is 0. The lowest BCUT2D eigenvalue weighted by molar-refractivity contribution is -0.121. The molecule has 0 atom stereocenters. The van der Waals surface area contributed by atoms with Crippen molar-refractivity contribution in [2.75, 3.05) is 16.8 Å². The molecular formula is C15H12N4O2S. The molecule has 1 N–H and O–H groups in total. The van der Waals surface area contributed by atoms with Gasteiger partial charge in [0, 0.05) is 17.8 Å². The number of amides is 2. The predicted octanol–water partition coefficient (Wildman–Crippen LogP) is 1.92. The third-order valence-corrected chi connectivity index (χ3v) is 4.32. The molecule has 1 aliphatic rings. The molecule has 0 unspecified atom stereocenters. The number of benzene rings is 1. The Balaban J connectivity index is 1.62. The molecule has 110 valence electrons. The Kier molecular flexibility index (Phi) is 2.93. The van der Waals surface area contributed by atoms with Crippen molar-refractivity contribution in [3.8, 4) is 0 Å². The van der Waals surface area contributed by atoms with Crippen molar-refractivity contribution in [1.82, 2.24) is 9.38 Å². The van der Waals surface area contributed by atoms with Crippen LogP contribution in [0.1, 0.15) is 5.69 Å². The summed E-state index contributed by atoms with van der Waals surface area (Å²) in [6.45, 7) is 0.0397. The van der Waals surface area contributed by atoms with E-state index in [4.69, 9.17) is 0 Å². The first-order valence-corrected chi connectivity index (χ1v) is 7.69. The van der Waals surface area contributed by atoms with Crippen LogP contribution in [0, 0.1) is 0 Å². The molecule has 3 aromatic rings. The molecule has 0 saturated carbocycles. The summed E-state index contributed by atoms with van der Waals surface area (Å²) >= 11 is 1.52. The number of aromatic nitrogens is 2. The lowest BCUT2D eigenvalue weighted by Crippen LogP contribution is -2.42. The van der Waals surface area contributed by atoms with Crippen LogP contribution in [-0.4, -0.2) is 27.7 Å². The Hall–Kier alpha value is -2.67. The van der Waals surface area contributed by atoms with Crippen molar-refractivity contribution < 1.29 is 9.59 Å². The van der Waals surface area contributed by atoms with Crippen molar-refractivity contribution in [2.45, 2.75) is 6.42 Å². The van der Waals surface area contributed by atoms with Gasteiger partial charge in [0.1, 0.15) is 6.54 Å². The van der Waals surface area contributed by atoms with Gasteiger partial charge in [-0.25, -0.2) is 4.98 Å². The maximum Gasteiger partial charge on any atom is 0.244 e. The van der Waals surface area contributed by atoms with E-state index in [1.165, 1.54) is 16.2 Å². The summed E-state index contributed by atoms with van der Waals surface area (Å²) in [5.74, 6) is -0.314. The Morgan fingerprint density at radius 1 is 1.36 bits per heavy atom. The van der Waals surface area contributed by atoms with Crippen LogP contribution in [0.2, 0.25) is 0 Å². The predicted molar refractivity (Wildman–Crippen MR) is 84.2 cm³/mol. The molecule has 6 nitrogen and oxygen atoms in total. The maximum absolute atomic E-state index is 12.6. The normalized spacial score (nSPS) is 14.0. The molecule has 1 aromatic carbocycles. The van der Waals surface area contributed by atoms with E-state index in [0.717, 1.165) is 10.6 Å². The Morgan fingerprint density at radius 3 is 3.09 bits per heavy atom. The SMILES string of the molecule is O=C1CN(C(=O)Cc2cn3ccsc3n2)c2ccccc2N1. The second-order valence-corrected chi connectivity index (χ2v) is 5.92. The Morgan fingerprint density at radius 2 is 2.23 bits per heavy atom. The van der Waals surface area contributed by atoms with Crippen LogP contribution < -0.4 is 10.2 Å². The average Bonchev–Trinajstić information content (AvgIpc) is 3.07. The van der Waals surface area contributed by atoms with Gasteiger partial charge in [0.15, 0.2) is 4.96 Å². The molecule has 0 aliphatic carbocycles. The first-order chi connectivity index (χ1) is 10.7. The lowest BCUT2D eigenvalue weighted by atomic mass is 10.1. The number of nitrogens with one attached hydrogen (secondary N) is 1. The molecule has 0 bridgehead atoms. The topological polar surface area (TPSA) is 66.7 Å². The molecule has 0 radical (unpaired) electrons. The summed E-state index contributed by atoms with van der Waals surface area (Å²) in [6.07, 6.45) is 3.93. The number of hydrogen-bond acceptors (Lipinski definition) is 4. The zero-order valence-corrected chi connectivity index (χ0v) is 12.3. The maximum atomic E-state index is 12.6. The van der Waals surface area contributed by atoms with Gasteiger partial charge in [0.05, 0.1) is 23.5 Å². The number of thiazole rings is 1. The fourth-order valence-corrected chi connectivity index (χ4v) is 3.29. The molecule has 0 spiro atoms. The number of rotatable bonds is 2. The Bertz CT molecular complexity index is 854. The first-order valence-electron chi connectivity index (χ1n) is 6.81. The van der Waals surface area contributed by atoms with Gasteiger partial charge < -0.3 is 10.2 Å². The average molecular weight is 312 g/mol. The minimum Gasteiger partial charge on any atom is -0.323 e. The van der Waals surface area contributed by atoms with Gasteiger partial charge >= 0.3 is 0 Å². The molecule has 1 aliphatic heterocycles.